The summed E-state index contributed by atoms with van der Waals surface area (Å²) in [6, 6.07) is 0.350. The lowest BCUT2D eigenvalue weighted by Crippen LogP contribution is -2.43. The number of hydrogen-bond acceptors (Lipinski definition) is 5. The average Bonchev–Trinajstić information content (AvgIpc) is 3.20. The third kappa shape index (κ3) is 6.30. The van der Waals surface area contributed by atoms with Crippen LogP contribution in [0.4, 0.5) is 5.69 Å². The summed E-state index contributed by atoms with van der Waals surface area (Å²) in [6.07, 6.45) is 8.08. The summed E-state index contributed by atoms with van der Waals surface area (Å²) in [6.45, 7) is 2.18. The van der Waals surface area contributed by atoms with Crippen LogP contribution in [0, 0.1) is 0 Å². The van der Waals surface area contributed by atoms with Gasteiger partial charge in [0.1, 0.15) is 6.54 Å². The predicted octanol–water partition coefficient (Wildman–Crippen LogP) is 0.681. The SMILES string of the molecule is Cl.O=C(CC1COCCN1)Nc1cnn(CC(=O)NC2CCCC2)c1. The van der Waals surface area contributed by atoms with Gasteiger partial charge in [-0.15, -0.1) is 12.4 Å². The number of ether oxygens (including phenoxy) is 1. The molecule has 1 aliphatic heterocycles. The van der Waals surface area contributed by atoms with Crippen LogP contribution in [0.1, 0.15) is 32.1 Å². The van der Waals surface area contributed by atoms with E-state index in [1.54, 1.807) is 17.1 Å². The Morgan fingerprint density at radius 2 is 2.12 bits per heavy atom. The number of nitrogens with one attached hydrogen (secondary N) is 3. The topological polar surface area (TPSA) is 97.3 Å². The standard InChI is InChI=1S/C16H25N5O3.ClH/c22-15(7-13-11-24-6-5-17-13)20-14-8-18-21(9-14)10-16(23)19-12-3-1-2-4-12;/h8-9,12-13,17H,1-7,10-11H2,(H,19,23)(H,20,22);1H. The predicted molar refractivity (Wildman–Crippen MR) is 95.7 cm³/mol. The summed E-state index contributed by atoms with van der Waals surface area (Å²) in [5.74, 6) is -0.126. The molecule has 1 aliphatic carbocycles. The minimum absolute atomic E-state index is 0. The van der Waals surface area contributed by atoms with Crippen molar-refractivity contribution in [2.24, 2.45) is 0 Å². The molecule has 1 aromatic heterocycles. The molecule has 3 N–H and O–H groups in total. The number of nitrogens with zero attached hydrogens (tertiary/aromatic N) is 2. The summed E-state index contributed by atoms with van der Waals surface area (Å²) in [4.78, 5) is 24.0. The van der Waals surface area contributed by atoms with Crippen LogP contribution in [-0.4, -0.2) is 53.4 Å². The van der Waals surface area contributed by atoms with E-state index in [-0.39, 0.29) is 36.8 Å². The van der Waals surface area contributed by atoms with Crippen LogP contribution >= 0.6 is 12.4 Å². The fourth-order valence-electron chi connectivity index (χ4n) is 3.19. The van der Waals surface area contributed by atoms with E-state index in [0.717, 1.165) is 19.4 Å². The maximum absolute atomic E-state index is 12.0. The molecule has 25 heavy (non-hydrogen) atoms. The van der Waals surface area contributed by atoms with Gasteiger partial charge in [-0.1, -0.05) is 12.8 Å². The highest BCUT2D eigenvalue weighted by atomic mass is 35.5. The Bertz CT molecular complexity index is 568. The van der Waals surface area contributed by atoms with E-state index >= 15 is 0 Å². The molecule has 1 unspecified atom stereocenters. The molecule has 2 heterocycles. The Morgan fingerprint density at radius 1 is 1.32 bits per heavy atom. The van der Waals surface area contributed by atoms with Crippen LogP contribution in [-0.2, 0) is 20.9 Å². The van der Waals surface area contributed by atoms with Gasteiger partial charge in [0.05, 0.1) is 25.1 Å². The molecule has 3 rings (SSSR count). The molecule has 2 amide bonds. The first-order valence-corrected chi connectivity index (χ1v) is 8.62. The highest BCUT2D eigenvalue weighted by molar-refractivity contribution is 5.90. The maximum Gasteiger partial charge on any atom is 0.241 e. The monoisotopic (exact) mass is 371 g/mol. The third-order valence-electron chi connectivity index (χ3n) is 4.37. The fraction of sp³-hybridized carbons (Fsp3) is 0.688. The smallest absolute Gasteiger partial charge is 0.241 e. The van der Waals surface area contributed by atoms with E-state index in [2.05, 4.69) is 21.0 Å². The van der Waals surface area contributed by atoms with Crippen LogP contribution < -0.4 is 16.0 Å². The molecule has 1 saturated carbocycles. The minimum Gasteiger partial charge on any atom is -0.378 e. The van der Waals surface area contributed by atoms with Crippen molar-refractivity contribution in [2.45, 2.75) is 50.7 Å². The van der Waals surface area contributed by atoms with E-state index in [1.165, 1.54) is 12.8 Å². The van der Waals surface area contributed by atoms with Crippen LogP contribution in [0.15, 0.2) is 12.4 Å². The van der Waals surface area contributed by atoms with E-state index in [9.17, 15) is 9.59 Å². The molecule has 140 valence electrons. The Kier molecular flexibility index (Phi) is 7.67. The lowest BCUT2D eigenvalue weighted by atomic mass is 10.2. The number of rotatable bonds is 6. The number of halogens is 1. The molecule has 1 atom stereocenters. The number of hydrogen-bond donors (Lipinski definition) is 3. The van der Waals surface area contributed by atoms with E-state index in [0.29, 0.717) is 31.4 Å². The zero-order valence-corrected chi connectivity index (χ0v) is 15.0. The Labute approximate surface area is 153 Å². The first kappa shape index (κ1) is 19.7. The lowest BCUT2D eigenvalue weighted by Gasteiger charge is -2.23. The van der Waals surface area contributed by atoms with Gasteiger partial charge in [-0.05, 0) is 12.8 Å². The Balaban J connectivity index is 0.00000225. The van der Waals surface area contributed by atoms with Gasteiger partial charge in [0.2, 0.25) is 11.8 Å². The van der Waals surface area contributed by atoms with Gasteiger partial charge in [-0.3, -0.25) is 14.3 Å². The van der Waals surface area contributed by atoms with Gasteiger partial charge in [-0.25, -0.2) is 0 Å². The first-order valence-electron chi connectivity index (χ1n) is 8.62. The van der Waals surface area contributed by atoms with Gasteiger partial charge >= 0.3 is 0 Å². The van der Waals surface area contributed by atoms with Crippen molar-refractivity contribution >= 4 is 29.9 Å². The van der Waals surface area contributed by atoms with Gasteiger partial charge in [0.15, 0.2) is 0 Å². The molecular weight excluding hydrogens is 346 g/mol. The summed E-state index contributed by atoms with van der Waals surface area (Å²) in [7, 11) is 0. The number of morpholine rings is 1. The van der Waals surface area contributed by atoms with E-state index in [4.69, 9.17) is 4.74 Å². The zero-order valence-electron chi connectivity index (χ0n) is 14.2. The number of carbonyl (C=O) groups excluding carboxylic acids is 2. The van der Waals surface area contributed by atoms with Gasteiger partial charge in [0, 0.05) is 31.2 Å². The summed E-state index contributed by atoms with van der Waals surface area (Å²) in [5.41, 5.74) is 0.602. The van der Waals surface area contributed by atoms with Crippen LogP contribution in [0.5, 0.6) is 0 Å². The van der Waals surface area contributed by atoms with E-state index in [1.807, 2.05) is 0 Å². The molecule has 1 saturated heterocycles. The highest BCUT2D eigenvalue weighted by Gasteiger charge is 2.19. The first-order chi connectivity index (χ1) is 11.7. The highest BCUT2D eigenvalue weighted by Crippen LogP contribution is 2.17. The number of carbonyl (C=O) groups is 2. The quantitative estimate of drug-likeness (QED) is 0.683. The molecule has 8 nitrogen and oxygen atoms in total. The second kappa shape index (κ2) is 9.74. The Hall–Kier alpha value is -1.64. The van der Waals surface area contributed by atoms with Crippen LogP contribution in [0.2, 0.25) is 0 Å². The third-order valence-corrected chi connectivity index (χ3v) is 4.37. The summed E-state index contributed by atoms with van der Waals surface area (Å²) < 4.78 is 6.88. The van der Waals surface area contributed by atoms with Crippen molar-refractivity contribution in [1.82, 2.24) is 20.4 Å². The molecule has 0 radical (unpaired) electrons. The van der Waals surface area contributed by atoms with Crippen LogP contribution in [0.3, 0.4) is 0 Å². The van der Waals surface area contributed by atoms with Crippen molar-refractivity contribution < 1.29 is 14.3 Å². The van der Waals surface area contributed by atoms with Crippen molar-refractivity contribution in [3.05, 3.63) is 12.4 Å². The van der Waals surface area contributed by atoms with Gasteiger partial charge in [-0.2, -0.15) is 5.10 Å². The number of anilines is 1. The fourth-order valence-corrected chi connectivity index (χ4v) is 3.19. The molecular formula is C16H26ClN5O3. The lowest BCUT2D eigenvalue weighted by molar-refractivity contribution is -0.122. The zero-order chi connectivity index (χ0) is 16.8. The van der Waals surface area contributed by atoms with Crippen molar-refractivity contribution in [2.75, 3.05) is 25.1 Å². The maximum atomic E-state index is 12.0. The number of amides is 2. The number of aromatic nitrogens is 2. The van der Waals surface area contributed by atoms with Crippen molar-refractivity contribution in [3.63, 3.8) is 0 Å². The minimum atomic E-state index is -0.0899. The molecule has 0 spiro atoms. The largest absolute Gasteiger partial charge is 0.378 e. The Morgan fingerprint density at radius 3 is 2.84 bits per heavy atom. The second-order valence-electron chi connectivity index (χ2n) is 6.45. The van der Waals surface area contributed by atoms with Crippen molar-refractivity contribution in [3.8, 4) is 0 Å². The molecule has 2 aliphatic rings. The van der Waals surface area contributed by atoms with Crippen LogP contribution in [0.25, 0.3) is 0 Å². The molecule has 1 aromatic rings. The molecule has 0 aromatic carbocycles. The average molecular weight is 372 g/mol. The normalized spacial score (nSPS) is 20.7. The van der Waals surface area contributed by atoms with E-state index < -0.39 is 0 Å². The van der Waals surface area contributed by atoms with Gasteiger partial charge < -0.3 is 20.7 Å². The summed E-state index contributed by atoms with van der Waals surface area (Å²) >= 11 is 0. The second-order valence-corrected chi connectivity index (χ2v) is 6.45. The summed E-state index contributed by atoms with van der Waals surface area (Å²) in [5, 5.41) is 13.2. The van der Waals surface area contributed by atoms with Crippen molar-refractivity contribution in [1.29, 1.82) is 0 Å². The molecule has 9 heteroatoms. The molecule has 0 bridgehead atoms. The molecule has 2 fully saturated rings. The van der Waals surface area contributed by atoms with Gasteiger partial charge in [0.25, 0.3) is 0 Å².